The van der Waals surface area contributed by atoms with E-state index >= 15 is 0 Å². The average Bonchev–Trinajstić information content (AvgIpc) is 2.04. The van der Waals surface area contributed by atoms with E-state index < -0.39 is 0 Å². The summed E-state index contributed by atoms with van der Waals surface area (Å²) in [5.74, 6) is 0. The van der Waals surface area contributed by atoms with Crippen molar-refractivity contribution in [3.63, 3.8) is 0 Å². The minimum absolute atomic E-state index is 0.895. The van der Waals surface area contributed by atoms with E-state index in [1.807, 2.05) is 19.3 Å². The molecule has 0 unspecified atom stereocenters. The van der Waals surface area contributed by atoms with Gasteiger partial charge in [-0.25, -0.2) is 0 Å². The quantitative estimate of drug-likeness (QED) is 0.543. The third-order valence-corrected chi connectivity index (χ3v) is 1.62. The molecule has 0 fully saturated rings. The molecule has 0 aromatic carbocycles. The zero-order valence-corrected chi connectivity index (χ0v) is 6.75. The molecule has 0 aromatic rings. The molecule has 0 saturated carbocycles. The van der Waals surface area contributed by atoms with Crippen LogP contribution in [0.15, 0.2) is 41.2 Å². The standard InChI is InChI=1S/C9H12N2/c1-4-8-7-11(3)6-5-9(8)10-2/h4-5,7H,1-2,6H2,3H3. The molecular weight excluding hydrogens is 136 g/mol. The predicted molar refractivity (Wildman–Crippen MR) is 48.5 cm³/mol. The Kier molecular flexibility index (Phi) is 2.26. The molecule has 0 atom stereocenters. The molecule has 0 aliphatic carbocycles. The van der Waals surface area contributed by atoms with Crippen LogP contribution in [0.2, 0.25) is 0 Å². The van der Waals surface area contributed by atoms with Crippen LogP contribution in [0.1, 0.15) is 0 Å². The van der Waals surface area contributed by atoms with E-state index in [1.165, 1.54) is 0 Å². The van der Waals surface area contributed by atoms with E-state index in [4.69, 9.17) is 0 Å². The molecule has 2 nitrogen and oxygen atoms in total. The fraction of sp³-hybridized carbons (Fsp3) is 0.222. The summed E-state index contributed by atoms with van der Waals surface area (Å²) in [7, 11) is 2.01. The second-order valence-corrected chi connectivity index (χ2v) is 2.48. The number of allylic oxidation sites excluding steroid dienone is 1. The van der Waals surface area contributed by atoms with E-state index in [9.17, 15) is 0 Å². The van der Waals surface area contributed by atoms with Crippen molar-refractivity contribution in [2.45, 2.75) is 0 Å². The van der Waals surface area contributed by atoms with Gasteiger partial charge in [0.05, 0.1) is 5.70 Å². The lowest BCUT2D eigenvalue weighted by molar-refractivity contribution is 0.498. The number of nitrogens with zero attached hydrogens (tertiary/aromatic N) is 2. The topological polar surface area (TPSA) is 15.6 Å². The van der Waals surface area contributed by atoms with Gasteiger partial charge in [0.2, 0.25) is 0 Å². The highest BCUT2D eigenvalue weighted by atomic mass is 15.1. The number of hydrogen-bond acceptors (Lipinski definition) is 2. The molecule has 1 aliphatic heterocycles. The molecule has 0 aromatic heterocycles. The highest BCUT2D eigenvalue weighted by Crippen LogP contribution is 2.16. The maximum atomic E-state index is 3.88. The van der Waals surface area contributed by atoms with E-state index in [2.05, 4.69) is 23.2 Å². The second-order valence-electron chi connectivity index (χ2n) is 2.48. The number of likely N-dealkylation sites (N-methyl/N-ethyl adjacent to an activating group) is 1. The largest absolute Gasteiger partial charge is 0.376 e. The molecule has 11 heavy (non-hydrogen) atoms. The van der Waals surface area contributed by atoms with Gasteiger partial charge in [0, 0.05) is 25.4 Å². The average molecular weight is 148 g/mol. The van der Waals surface area contributed by atoms with E-state index in [1.54, 1.807) is 6.08 Å². The summed E-state index contributed by atoms with van der Waals surface area (Å²) in [4.78, 5) is 5.95. The Hall–Kier alpha value is -1.31. The summed E-state index contributed by atoms with van der Waals surface area (Å²) in [6, 6.07) is 0. The lowest BCUT2D eigenvalue weighted by Crippen LogP contribution is -2.15. The lowest BCUT2D eigenvalue weighted by Gasteiger charge is -2.18. The Morgan fingerprint density at radius 1 is 1.73 bits per heavy atom. The lowest BCUT2D eigenvalue weighted by atomic mass is 10.1. The van der Waals surface area contributed by atoms with E-state index in [-0.39, 0.29) is 0 Å². The van der Waals surface area contributed by atoms with Crippen molar-refractivity contribution >= 4 is 6.72 Å². The summed E-state index contributed by atoms with van der Waals surface area (Å²) >= 11 is 0. The predicted octanol–water partition coefficient (Wildman–Crippen LogP) is 1.59. The van der Waals surface area contributed by atoms with Gasteiger partial charge in [-0.2, -0.15) is 0 Å². The van der Waals surface area contributed by atoms with Crippen LogP contribution in [-0.4, -0.2) is 25.2 Å². The maximum Gasteiger partial charge on any atom is 0.0686 e. The molecule has 0 saturated heterocycles. The molecule has 0 radical (unpaired) electrons. The third-order valence-electron chi connectivity index (χ3n) is 1.62. The first-order valence-corrected chi connectivity index (χ1v) is 3.49. The van der Waals surface area contributed by atoms with Gasteiger partial charge in [-0.1, -0.05) is 12.7 Å². The molecular formula is C9H12N2. The smallest absolute Gasteiger partial charge is 0.0686 e. The van der Waals surface area contributed by atoms with Crippen LogP contribution in [0.5, 0.6) is 0 Å². The first kappa shape index (κ1) is 7.79. The minimum atomic E-state index is 0.895. The third kappa shape index (κ3) is 1.58. The normalized spacial score (nSPS) is 17.0. The minimum Gasteiger partial charge on any atom is -0.376 e. The van der Waals surface area contributed by atoms with Gasteiger partial charge >= 0.3 is 0 Å². The number of hydrogen-bond donors (Lipinski definition) is 0. The Labute approximate surface area is 67.2 Å². The Balaban J connectivity index is 2.90. The number of aliphatic imine (C=N–C) groups is 1. The fourth-order valence-electron chi connectivity index (χ4n) is 1.02. The Bertz CT molecular complexity index is 236. The van der Waals surface area contributed by atoms with Crippen LogP contribution >= 0.6 is 0 Å². The zero-order chi connectivity index (χ0) is 8.27. The van der Waals surface area contributed by atoms with Crippen molar-refractivity contribution in [1.82, 2.24) is 4.90 Å². The van der Waals surface area contributed by atoms with Crippen molar-refractivity contribution in [3.05, 3.63) is 36.2 Å². The molecule has 1 heterocycles. The molecule has 0 spiro atoms. The summed E-state index contributed by atoms with van der Waals surface area (Å²) in [6.07, 6.45) is 5.83. The van der Waals surface area contributed by atoms with Crippen LogP contribution in [0.3, 0.4) is 0 Å². The first-order chi connectivity index (χ1) is 5.27. The van der Waals surface area contributed by atoms with Gasteiger partial charge in [0.25, 0.3) is 0 Å². The van der Waals surface area contributed by atoms with Gasteiger partial charge in [-0.15, -0.1) is 0 Å². The monoisotopic (exact) mass is 148 g/mol. The Morgan fingerprint density at radius 3 is 3.00 bits per heavy atom. The van der Waals surface area contributed by atoms with Gasteiger partial charge in [0.1, 0.15) is 0 Å². The summed E-state index contributed by atoms with van der Waals surface area (Å²) < 4.78 is 0. The van der Waals surface area contributed by atoms with E-state index in [0.29, 0.717) is 0 Å². The first-order valence-electron chi connectivity index (χ1n) is 3.49. The van der Waals surface area contributed by atoms with Crippen molar-refractivity contribution in [1.29, 1.82) is 0 Å². The van der Waals surface area contributed by atoms with Crippen molar-refractivity contribution < 1.29 is 0 Å². The van der Waals surface area contributed by atoms with Crippen molar-refractivity contribution in [3.8, 4) is 0 Å². The van der Waals surface area contributed by atoms with E-state index in [0.717, 1.165) is 17.8 Å². The van der Waals surface area contributed by atoms with Gasteiger partial charge in [-0.05, 0) is 12.8 Å². The molecule has 0 amide bonds. The molecule has 1 rings (SSSR count). The molecule has 2 heteroatoms. The molecule has 0 N–H and O–H groups in total. The van der Waals surface area contributed by atoms with Crippen LogP contribution in [0.25, 0.3) is 0 Å². The fourth-order valence-corrected chi connectivity index (χ4v) is 1.02. The number of rotatable bonds is 2. The molecule has 58 valence electrons. The van der Waals surface area contributed by atoms with Crippen LogP contribution in [0.4, 0.5) is 0 Å². The zero-order valence-electron chi connectivity index (χ0n) is 6.75. The van der Waals surface area contributed by atoms with Crippen LogP contribution < -0.4 is 0 Å². The van der Waals surface area contributed by atoms with Gasteiger partial charge < -0.3 is 4.90 Å². The summed E-state index contributed by atoms with van der Waals surface area (Å²) in [5, 5.41) is 0. The highest BCUT2D eigenvalue weighted by Gasteiger charge is 2.05. The van der Waals surface area contributed by atoms with Gasteiger partial charge in [0.15, 0.2) is 0 Å². The SMILES string of the molecule is C=CC1=CN(C)CC=C1N=C. The molecule has 0 bridgehead atoms. The van der Waals surface area contributed by atoms with Crippen LogP contribution in [0, 0.1) is 0 Å². The van der Waals surface area contributed by atoms with Crippen molar-refractivity contribution in [2.75, 3.05) is 13.6 Å². The van der Waals surface area contributed by atoms with Crippen LogP contribution in [-0.2, 0) is 0 Å². The summed E-state index contributed by atoms with van der Waals surface area (Å²) in [5.41, 5.74) is 1.96. The second kappa shape index (κ2) is 3.19. The van der Waals surface area contributed by atoms with Crippen molar-refractivity contribution in [2.24, 2.45) is 4.99 Å². The maximum absolute atomic E-state index is 3.88. The Morgan fingerprint density at radius 2 is 2.45 bits per heavy atom. The molecule has 1 aliphatic rings. The summed E-state index contributed by atoms with van der Waals surface area (Å²) in [6.45, 7) is 8.07. The van der Waals surface area contributed by atoms with Gasteiger partial charge in [-0.3, -0.25) is 4.99 Å². The highest BCUT2D eigenvalue weighted by molar-refractivity contribution is 5.44.